The molecule has 10 heteroatoms. The van der Waals surface area contributed by atoms with Gasteiger partial charge in [-0.1, -0.05) is 28.9 Å². The molecule has 1 amide bonds. The molecule has 1 aliphatic rings. The highest BCUT2D eigenvalue weighted by atomic mass is 32.2. The molecule has 0 saturated carbocycles. The van der Waals surface area contributed by atoms with Crippen molar-refractivity contribution in [3.05, 3.63) is 56.9 Å². The molecule has 0 spiro atoms. The number of thiazole rings is 1. The van der Waals surface area contributed by atoms with Crippen molar-refractivity contribution in [3.63, 3.8) is 0 Å². The van der Waals surface area contributed by atoms with Gasteiger partial charge in [0.25, 0.3) is 0 Å². The van der Waals surface area contributed by atoms with Gasteiger partial charge in [0.05, 0.1) is 11.6 Å². The van der Waals surface area contributed by atoms with Crippen LogP contribution in [0.5, 0.6) is 0 Å². The third kappa shape index (κ3) is 5.39. The largest absolute Gasteiger partial charge is 0.355 e. The number of aromatic nitrogens is 2. The standard InChI is InChI=1S/C25H30N4O4S2/c1-15-11-16(2)21(17(3)12-15)8-9-22-23(19(5)28-33-22)35(31,32)29-10-6-7-20(13-29)24(30)27-25-26-18(4)14-34-25/h8-9,11-12,14,20H,6-7,10,13H2,1-5H3,(H,26,27,30). The SMILES string of the molecule is Cc1cc(C)c(C=Cc2onc(C)c2S(=O)(=O)N2CCCC(C(=O)Nc3nc(C)cs3)C2)c(C)c1. The van der Waals surface area contributed by atoms with Crippen LogP contribution in [-0.4, -0.2) is 41.9 Å². The topological polar surface area (TPSA) is 105 Å². The summed E-state index contributed by atoms with van der Waals surface area (Å²) in [6.07, 6.45) is 4.73. The van der Waals surface area contributed by atoms with Crippen LogP contribution in [-0.2, 0) is 14.8 Å². The van der Waals surface area contributed by atoms with E-state index in [1.807, 2.05) is 39.2 Å². The highest BCUT2D eigenvalue weighted by Crippen LogP contribution is 2.30. The van der Waals surface area contributed by atoms with Crippen LogP contribution in [0, 0.1) is 40.5 Å². The van der Waals surface area contributed by atoms with Crippen molar-refractivity contribution in [2.45, 2.75) is 52.4 Å². The number of nitrogens with zero attached hydrogens (tertiary/aromatic N) is 3. The Bertz CT molecular complexity index is 1370. The molecule has 1 atom stereocenters. The zero-order valence-electron chi connectivity index (χ0n) is 20.6. The smallest absolute Gasteiger partial charge is 0.248 e. The number of hydrogen-bond acceptors (Lipinski definition) is 7. The summed E-state index contributed by atoms with van der Waals surface area (Å²) < 4.78 is 34.1. The van der Waals surface area contributed by atoms with Crippen molar-refractivity contribution in [2.75, 3.05) is 18.4 Å². The summed E-state index contributed by atoms with van der Waals surface area (Å²) in [6, 6.07) is 4.17. The van der Waals surface area contributed by atoms with Gasteiger partial charge in [0.15, 0.2) is 15.8 Å². The number of piperidine rings is 1. The van der Waals surface area contributed by atoms with E-state index < -0.39 is 15.9 Å². The van der Waals surface area contributed by atoms with E-state index in [1.54, 1.807) is 13.0 Å². The number of carbonyl (C=O) groups is 1. The third-order valence-corrected chi connectivity index (χ3v) is 9.07. The number of aryl methyl sites for hydroxylation is 5. The summed E-state index contributed by atoms with van der Waals surface area (Å²) >= 11 is 1.35. The average molecular weight is 515 g/mol. The first-order chi connectivity index (χ1) is 16.6. The Hall–Kier alpha value is -2.82. The highest BCUT2D eigenvalue weighted by molar-refractivity contribution is 7.89. The lowest BCUT2D eigenvalue weighted by molar-refractivity contribution is -0.120. The molecule has 4 rings (SSSR count). The number of nitrogens with one attached hydrogen (secondary N) is 1. The fraction of sp³-hybridized carbons (Fsp3) is 0.400. The molecule has 1 saturated heterocycles. The Morgan fingerprint density at radius 2 is 1.89 bits per heavy atom. The second-order valence-corrected chi connectivity index (χ2v) is 11.8. The van der Waals surface area contributed by atoms with Crippen molar-refractivity contribution in [3.8, 4) is 0 Å². The van der Waals surface area contributed by atoms with Crippen molar-refractivity contribution < 1.29 is 17.7 Å². The Morgan fingerprint density at radius 1 is 1.17 bits per heavy atom. The van der Waals surface area contributed by atoms with Crippen LogP contribution in [0.2, 0.25) is 0 Å². The molecule has 0 radical (unpaired) electrons. The molecule has 1 aromatic carbocycles. The van der Waals surface area contributed by atoms with Crippen LogP contribution in [0.25, 0.3) is 12.2 Å². The van der Waals surface area contributed by atoms with E-state index in [0.717, 1.165) is 22.4 Å². The summed E-state index contributed by atoms with van der Waals surface area (Å²) in [5.41, 5.74) is 5.51. The van der Waals surface area contributed by atoms with E-state index in [9.17, 15) is 13.2 Å². The van der Waals surface area contributed by atoms with Gasteiger partial charge in [0.1, 0.15) is 5.69 Å². The number of anilines is 1. The second-order valence-electron chi connectivity index (χ2n) is 9.09. The Morgan fingerprint density at radius 3 is 2.54 bits per heavy atom. The molecule has 3 aromatic rings. The molecule has 2 aromatic heterocycles. The van der Waals surface area contributed by atoms with E-state index in [-0.39, 0.29) is 23.1 Å². The zero-order chi connectivity index (χ0) is 25.3. The lowest BCUT2D eigenvalue weighted by atomic mass is 9.99. The van der Waals surface area contributed by atoms with E-state index >= 15 is 0 Å². The maximum absolute atomic E-state index is 13.7. The lowest BCUT2D eigenvalue weighted by Crippen LogP contribution is -2.43. The summed E-state index contributed by atoms with van der Waals surface area (Å²) in [5, 5.41) is 9.15. The molecule has 0 bridgehead atoms. The molecule has 1 unspecified atom stereocenters. The van der Waals surface area contributed by atoms with Crippen LogP contribution in [0.1, 0.15) is 52.2 Å². The highest BCUT2D eigenvalue weighted by Gasteiger charge is 2.37. The minimum Gasteiger partial charge on any atom is -0.355 e. The van der Waals surface area contributed by atoms with Crippen LogP contribution >= 0.6 is 11.3 Å². The van der Waals surface area contributed by atoms with Gasteiger partial charge in [0, 0.05) is 18.5 Å². The van der Waals surface area contributed by atoms with Gasteiger partial charge in [-0.25, -0.2) is 13.4 Å². The molecule has 8 nitrogen and oxygen atoms in total. The molecule has 186 valence electrons. The van der Waals surface area contributed by atoms with Gasteiger partial charge in [-0.2, -0.15) is 4.31 Å². The lowest BCUT2D eigenvalue weighted by Gasteiger charge is -2.30. The van der Waals surface area contributed by atoms with Crippen LogP contribution in [0.4, 0.5) is 5.13 Å². The Balaban J connectivity index is 1.57. The van der Waals surface area contributed by atoms with Crippen molar-refractivity contribution in [1.29, 1.82) is 0 Å². The van der Waals surface area contributed by atoms with E-state index in [4.69, 9.17) is 4.52 Å². The molecule has 3 heterocycles. The van der Waals surface area contributed by atoms with Crippen LogP contribution in [0.3, 0.4) is 0 Å². The molecular formula is C25H30N4O4S2. The van der Waals surface area contributed by atoms with Gasteiger partial charge < -0.3 is 9.84 Å². The van der Waals surface area contributed by atoms with Crippen LogP contribution in [0.15, 0.2) is 26.9 Å². The molecule has 1 fully saturated rings. The van der Waals surface area contributed by atoms with Crippen molar-refractivity contribution in [2.24, 2.45) is 5.92 Å². The van der Waals surface area contributed by atoms with E-state index in [0.29, 0.717) is 30.2 Å². The number of benzene rings is 1. The molecule has 0 aliphatic carbocycles. The first-order valence-electron chi connectivity index (χ1n) is 11.5. The quantitative estimate of drug-likeness (QED) is 0.502. The monoisotopic (exact) mass is 514 g/mol. The van der Waals surface area contributed by atoms with Crippen molar-refractivity contribution in [1.82, 2.24) is 14.4 Å². The predicted molar refractivity (Wildman–Crippen MR) is 138 cm³/mol. The molecular weight excluding hydrogens is 484 g/mol. The van der Waals surface area contributed by atoms with E-state index in [2.05, 4.69) is 27.6 Å². The number of hydrogen-bond donors (Lipinski definition) is 1. The zero-order valence-corrected chi connectivity index (χ0v) is 22.2. The minimum atomic E-state index is -3.91. The minimum absolute atomic E-state index is 0.0489. The van der Waals surface area contributed by atoms with Gasteiger partial charge in [-0.05, 0) is 70.2 Å². The summed E-state index contributed by atoms with van der Waals surface area (Å²) in [5.74, 6) is -0.488. The van der Waals surface area contributed by atoms with Crippen molar-refractivity contribution >= 4 is 44.6 Å². The number of sulfonamides is 1. The number of amides is 1. The average Bonchev–Trinajstić information content (AvgIpc) is 3.38. The molecule has 1 aliphatic heterocycles. The molecule has 1 N–H and O–H groups in total. The first-order valence-corrected chi connectivity index (χ1v) is 13.8. The fourth-order valence-electron chi connectivity index (χ4n) is 4.53. The van der Waals surface area contributed by atoms with Gasteiger partial charge in [-0.3, -0.25) is 4.79 Å². The fourth-order valence-corrected chi connectivity index (χ4v) is 7.00. The van der Waals surface area contributed by atoms with Gasteiger partial charge in [0.2, 0.25) is 15.9 Å². The van der Waals surface area contributed by atoms with E-state index in [1.165, 1.54) is 21.2 Å². The summed E-state index contributed by atoms with van der Waals surface area (Å²) in [4.78, 5) is 17.1. The maximum atomic E-state index is 13.7. The summed E-state index contributed by atoms with van der Waals surface area (Å²) in [7, 11) is -3.91. The molecule has 35 heavy (non-hydrogen) atoms. The predicted octanol–water partition coefficient (Wildman–Crippen LogP) is 4.88. The Kier molecular flexibility index (Phi) is 7.25. The first kappa shape index (κ1) is 25.3. The normalized spacial score (nSPS) is 17.2. The van der Waals surface area contributed by atoms with Crippen LogP contribution < -0.4 is 5.32 Å². The number of carbonyl (C=O) groups excluding carboxylic acids is 1. The third-order valence-electron chi connectivity index (χ3n) is 6.17. The number of rotatable bonds is 6. The maximum Gasteiger partial charge on any atom is 0.248 e. The Labute approximate surface area is 210 Å². The second kappa shape index (κ2) is 10.0. The van der Waals surface area contributed by atoms with Gasteiger partial charge in [-0.15, -0.1) is 11.3 Å². The summed E-state index contributed by atoms with van der Waals surface area (Å²) in [6.45, 7) is 10.0. The van der Waals surface area contributed by atoms with Gasteiger partial charge >= 0.3 is 0 Å².